The van der Waals surface area contributed by atoms with Crippen molar-refractivity contribution in [3.8, 4) is 5.75 Å². The summed E-state index contributed by atoms with van der Waals surface area (Å²) in [5, 5.41) is 0.870. The van der Waals surface area contributed by atoms with Crippen molar-refractivity contribution in [2.45, 2.75) is 30.1 Å². The summed E-state index contributed by atoms with van der Waals surface area (Å²) in [6.45, 7) is 0. The summed E-state index contributed by atoms with van der Waals surface area (Å²) in [4.78, 5) is 13.0. The van der Waals surface area contributed by atoms with Gasteiger partial charge in [0.2, 0.25) is 0 Å². The highest BCUT2D eigenvalue weighted by atomic mass is 32.2. The lowest BCUT2D eigenvalue weighted by atomic mass is 9.81. The van der Waals surface area contributed by atoms with Crippen LogP contribution in [0, 0.1) is 5.92 Å². The van der Waals surface area contributed by atoms with Gasteiger partial charge >= 0.3 is 6.36 Å². The molecule has 0 aliphatic heterocycles. The minimum atomic E-state index is -4.96. The summed E-state index contributed by atoms with van der Waals surface area (Å²) in [5.41, 5.74) is 0.714. The van der Waals surface area contributed by atoms with E-state index >= 15 is 0 Å². The lowest BCUT2D eigenvalue weighted by Crippen LogP contribution is -2.45. The molecular formula is C19H19F3N4O3S. The van der Waals surface area contributed by atoms with Gasteiger partial charge in [-0.25, -0.2) is 18.4 Å². The molecular weight excluding hydrogens is 421 g/mol. The minimum Gasteiger partial charge on any atom is -0.404 e. The van der Waals surface area contributed by atoms with E-state index in [0.717, 1.165) is 23.3 Å². The van der Waals surface area contributed by atoms with Gasteiger partial charge in [0, 0.05) is 19.3 Å². The number of aromatic nitrogens is 3. The normalized spacial score (nSPS) is 19.5. The Labute approximate surface area is 170 Å². The fraction of sp³-hybridized carbons (Fsp3) is 0.368. The summed E-state index contributed by atoms with van der Waals surface area (Å²) < 4.78 is 67.2. The summed E-state index contributed by atoms with van der Waals surface area (Å²) >= 11 is 0. The first kappa shape index (κ1) is 20.5. The summed E-state index contributed by atoms with van der Waals surface area (Å²) in [6.07, 6.45) is -0.547. The molecule has 11 heteroatoms. The molecule has 160 valence electrons. The van der Waals surface area contributed by atoms with E-state index in [1.165, 1.54) is 18.5 Å². The number of alkyl halides is 3. The zero-order valence-corrected chi connectivity index (χ0v) is 16.7. The summed E-state index contributed by atoms with van der Waals surface area (Å²) in [5.74, 6) is -0.353. The van der Waals surface area contributed by atoms with E-state index in [9.17, 15) is 21.6 Å². The third-order valence-corrected chi connectivity index (χ3v) is 7.21. The Kier molecular flexibility index (Phi) is 5.08. The van der Waals surface area contributed by atoms with Gasteiger partial charge in [0.05, 0.1) is 11.1 Å². The van der Waals surface area contributed by atoms with Crippen LogP contribution in [0.4, 0.5) is 19.0 Å². The van der Waals surface area contributed by atoms with Crippen LogP contribution in [0.2, 0.25) is 0 Å². The maximum atomic E-state index is 12.7. The SMILES string of the molecule is CN(c1ncnc2[nH]ccc12)[C@H]1C[C@@H](CS(=O)(=O)c2ccccc2OC(F)(F)F)C1. The van der Waals surface area contributed by atoms with Gasteiger partial charge < -0.3 is 14.6 Å². The number of aromatic amines is 1. The van der Waals surface area contributed by atoms with Crippen molar-refractivity contribution in [3.05, 3.63) is 42.9 Å². The second-order valence-electron chi connectivity index (χ2n) is 7.32. The van der Waals surface area contributed by atoms with Gasteiger partial charge in [-0.1, -0.05) is 12.1 Å². The second-order valence-corrected chi connectivity index (χ2v) is 9.32. The monoisotopic (exact) mass is 440 g/mol. The molecule has 2 heterocycles. The smallest absolute Gasteiger partial charge is 0.404 e. The highest BCUT2D eigenvalue weighted by Crippen LogP contribution is 2.38. The van der Waals surface area contributed by atoms with Crippen LogP contribution in [-0.4, -0.2) is 48.6 Å². The van der Waals surface area contributed by atoms with Crippen LogP contribution in [0.25, 0.3) is 11.0 Å². The molecule has 0 atom stereocenters. The second kappa shape index (κ2) is 7.46. The maximum Gasteiger partial charge on any atom is 0.573 e. The number of H-pyrrole nitrogens is 1. The van der Waals surface area contributed by atoms with E-state index in [2.05, 4.69) is 19.7 Å². The number of anilines is 1. The number of nitrogens with zero attached hydrogens (tertiary/aromatic N) is 3. The zero-order valence-electron chi connectivity index (χ0n) is 15.9. The number of fused-ring (bicyclic) bond motifs is 1. The molecule has 0 unspecified atom stereocenters. The topological polar surface area (TPSA) is 88.2 Å². The van der Waals surface area contributed by atoms with Crippen molar-refractivity contribution in [1.29, 1.82) is 0 Å². The maximum absolute atomic E-state index is 12.7. The predicted molar refractivity (Wildman–Crippen MR) is 104 cm³/mol. The van der Waals surface area contributed by atoms with Crippen LogP contribution in [0.1, 0.15) is 12.8 Å². The number of nitrogens with one attached hydrogen (secondary N) is 1. The molecule has 0 radical (unpaired) electrons. The Balaban J connectivity index is 1.44. The number of rotatable bonds is 6. The average Bonchev–Trinajstić information content (AvgIpc) is 3.11. The van der Waals surface area contributed by atoms with Gasteiger partial charge in [-0.15, -0.1) is 13.2 Å². The summed E-state index contributed by atoms with van der Waals surface area (Å²) in [7, 11) is -2.05. The third-order valence-electron chi connectivity index (χ3n) is 5.29. The molecule has 4 rings (SSSR count). The Morgan fingerprint density at radius 3 is 2.67 bits per heavy atom. The summed E-state index contributed by atoms with van der Waals surface area (Å²) in [6, 6.07) is 6.79. The number of sulfone groups is 1. The molecule has 0 amide bonds. The Morgan fingerprint density at radius 1 is 1.20 bits per heavy atom. The lowest BCUT2D eigenvalue weighted by molar-refractivity contribution is -0.275. The number of hydrogen-bond acceptors (Lipinski definition) is 6. The van der Waals surface area contributed by atoms with Crippen LogP contribution in [-0.2, 0) is 9.84 Å². The molecule has 1 saturated carbocycles. The van der Waals surface area contributed by atoms with Gasteiger partial charge in [-0.2, -0.15) is 0 Å². The van der Waals surface area contributed by atoms with Gasteiger partial charge in [-0.05, 0) is 37.0 Å². The number of hydrogen-bond donors (Lipinski definition) is 1. The molecule has 1 aromatic carbocycles. The van der Waals surface area contributed by atoms with Crippen molar-refractivity contribution >= 4 is 26.7 Å². The van der Waals surface area contributed by atoms with Crippen LogP contribution in [0.5, 0.6) is 5.75 Å². The van der Waals surface area contributed by atoms with E-state index in [1.807, 2.05) is 18.0 Å². The first-order valence-electron chi connectivity index (χ1n) is 9.22. The van der Waals surface area contributed by atoms with Crippen molar-refractivity contribution in [1.82, 2.24) is 15.0 Å². The van der Waals surface area contributed by atoms with Crippen LogP contribution < -0.4 is 9.64 Å². The Hall–Kier alpha value is -2.82. The Bertz CT molecular complexity index is 1160. The van der Waals surface area contributed by atoms with E-state index in [4.69, 9.17) is 0 Å². The lowest BCUT2D eigenvalue weighted by Gasteiger charge is -2.41. The molecule has 0 saturated heterocycles. The molecule has 1 aliphatic rings. The highest BCUT2D eigenvalue weighted by molar-refractivity contribution is 7.91. The van der Waals surface area contributed by atoms with Gasteiger partial charge in [0.1, 0.15) is 28.4 Å². The van der Waals surface area contributed by atoms with Crippen LogP contribution in [0.3, 0.4) is 0 Å². The molecule has 1 N–H and O–H groups in total. The van der Waals surface area contributed by atoms with Crippen molar-refractivity contribution < 1.29 is 26.3 Å². The number of benzene rings is 1. The molecule has 1 fully saturated rings. The Morgan fingerprint density at radius 2 is 1.93 bits per heavy atom. The highest BCUT2D eigenvalue weighted by Gasteiger charge is 2.38. The van der Waals surface area contributed by atoms with E-state index in [-0.39, 0.29) is 17.7 Å². The first-order chi connectivity index (χ1) is 14.1. The van der Waals surface area contributed by atoms with Crippen molar-refractivity contribution in [3.63, 3.8) is 0 Å². The third kappa shape index (κ3) is 4.07. The first-order valence-corrected chi connectivity index (χ1v) is 10.9. The molecule has 3 aromatic rings. The van der Waals surface area contributed by atoms with Gasteiger partial charge in [0.25, 0.3) is 0 Å². The average molecular weight is 440 g/mol. The largest absolute Gasteiger partial charge is 0.573 e. The van der Waals surface area contributed by atoms with Crippen LogP contribution >= 0.6 is 0 Å². The molecule has 30 heavy (non-hydrogen) atoms. The quantitative estimate of drug-likeness (QED) is 0.631. The van der Waals surface area contributed by atoms with Crippen molar-refractivity contribution in [2.75, 3.05) is 17.7 Å². The fourth-order valence-corrected chi connectivity index (χ4v) is 5.56. The number of ether oxygens (including phenoxy) is 1. The van der Waals surface area contributed by atoms with Gasteiger partial charge in [0.15, 0.2) is 9.84 Å². The molecule has 7 nitrogen and oxygen atoms in total. The zero-order chi connectivity index (χ0) is 21.5. The van der Waals surface area contributed by atoms with E-state index in [1.54, 1.807) is 6.20 Å². The molecule has 1 aliphatic carbocycles. The number of halogens is 3. The van der Waals surface area contributed by atoms with Crippen molar-refractivity contribution in [2.24, 2.45) is 5.92 Å². The molecule has 0 bridgehead atoms. The van der Waals surface area contributed by atoms with Gasteiger partial charge in [-0.3, -0.25) is 0 Å². The minimum absolute atomic E-state index is 0.0832. The standard InChI is InChI=1S/C19H19F3N4O3S/c1-26(18-14-6-7-23-17(14)24-11-25-18)13-8-12(9-13)10-30(27,28)16-5-3-2-4-15(16)29-19(20,21)22/h2-7,11-13H,8-10H2,1H3,(H,23,24,25)/t12-,13+. The van der Waals surface area contributed by atoms with E-state index in [0.29, 0.717) is 18.5 Å². The molecule has 0 spiro atoms. The molecule has 2 aromatic heterocycles. The van der Waals surface area contributed by atoms with Crippen LogP contribution in [0.15, 0.2) is 47.8 Å². The number of para-hydroxylation sites is 1. The predicted octanol–water partition coefficient (Wildman–Crippen LogP) is 3.55. The van der Waals surface area contributed by atoms with E-state index < -0.39 is 26.8 Å². The fourth-order valence-electron chi connectivity index (χ4n) is 3.78.